The number of nitrogen functional groups attached to an aromatic ring is 1. The van der Waals surface area contributed by atoms with Gasteiger partial charge in [-0.1, -0.05) is 12.1 Å². The highest BCUT2D eigenvalue weighted by molar-refractivity contribution is 7.18. The van der Waals surface area contributed by atoms with Crippen molar-refractivity contribution in [1.29, 1.82) is 0 Å². The van der Waals surface area contributed by atoms with Crippen LogP contribution in [0.15, 0.2) is 30.5 Å². The molecule has 0 bridgehead atoms. The van der Waals surface area contributed by atoms with Crippen molar-refractivity contribution in [1.82, 2.24) is 14.8 Å². The zero-order valence-corrected chi connectivity index (χ0v) is 11.4. The van der Waals surface area contributed by atoms with Crippen molar-refractivity contribution >= 4 is 33.1 Å². The number of nitro groups is 1. The van der Waals surface area contributed by atoms with Crippen molar-refractivity contribution in [2.75, 3.05) is 5.73 Å². The monoisotopic (exact) mass is 289 g/mol. The molecule has 0 amide bonds. The van der Waals surface area contributed by atoms with E-state index in [2.05, 4.69) is 10.1 Å². The van der Waals surface area contributed by atoms with Gasteiger partial charge in [0, 0.05) is 0 Å². The van der Waals surface area contributed by atoms with Gasteiger partial charge < -0.3 is 5.73 Å². The lowest BCUT2D eigenvalue weighted by Gasteiger charge is -2.09. The van der Waals surface area contributed by atoms with E-state index < -0.39 is 4.92 Å². The van der Waals surface area contributed by atoms with Gasteiger partial charge in [-0.25, -0.2) is 9.67 Å². The summed E-state index contributed by atoms with van der Waals surface area (Å²) in [5.74, 6) is 0.0433. The summed E-state index contributed by atoms with van der Waals surface area (Å²) in [5.41, 5.74) is 6.49. The molecule has 3 rings (SSSR count). The maximum Gasteiger partial charge on any atom is 0.330 e. The second kappa shape index (κ2) is 4.57. The number of thiazole rings is 1. The number of benzene rings is 1. The summed E-state index contributed by atoms with van der Waals surface area (Å²) in [5, 5.41) is 15.6. The Morgan fingerprint density at radius 1 is 1.45 bits per heavy atom. The molecule has 2 N–H and O–H groups in total. The Hall–Kier alpha value is -2.48. The average Bonchev–Trinajstić information content (AvgIpc) is 3.01. The summed E-state index contributed by atoms with van der Waals surface area (Å²) in [7, 11) is 0. The first-order chi connectivity index (χ1) is 9.58. The van der Waals surface area contributed by atoms with Gasteiger partial charge in [0.15, 0.2) is 0 Å². The Kier molecular flexibility index (Phi) is 2.87. The summed E-state index contributed by atoms with van der Waals surface area (Å²) < 4.78 is 2.49. The van der Waals surface area contributed by atoms with Gasteiger partial charge in [-0.15, -0.1) is 11.3 Å². The van der Waals surface area contributed by atoms with Gasteiger partial charge in [0.05, 0.1) is 15.1 Å². The van der Waals surface area contributed by atoms with E-state index in [0.717, 1.165) is 15.2 Å². The third kappa shape index (κ3) is 1.90. The molecule has 0 radical (unpaired) electrons. The van der Waals surface area contributed by atoms with E-state index in [9.17, 15) is 10.1 Å². The van der Waals surface area contributed by atoms with Crippen LogP contribution in [0, 0.1) is 10.1 Å². The second-order valence-corrected chi connectivity index (χ2v) is 5.37. The molecule has 0 saturated carbocycles. The Bertz CT molecular complexity index is 761. The van der Waals surface area contributed by atoms with E-state index in [-0.39, 0.29) is 17.5 Å². The molecule has 0 fully saturated rings. The lowest BCUT2D eigenvalue weighted by atomic mass is 10.3. The van der Waals surface area contributed by atoms with Gasteiger partial charge in [-0.05, 0) is 19.1 Å². The number of nitrogens with two attached hydrogens (primary N) is 1. The van der Waals surface area contributed by atoms with Crippen LogP contribution < -0.4 is 5.73 Å². The van der Waals surface area contributed by atoms with Crippen LogP contribution >= 0.6 is 11.3 Å². The van der Waals surface area contributed by atoms with Crippen molar-refractivity contribution in [3.8, 4) is 0 Å². The number of hydrogen-bond donors (Lipinski definition) is 1. The average molecular weight is 289 g/mol. The van der Waals surface area contributed by atoms with Gasteiger partial charge in [0.2, 0.25) is 5.82 Å². The fourth-order valence-electron chi connectivity index (χ4n) is 1.99. The van der Waals surface area contributed by atoms with Crippen molar-refractivity contribution in [2.24, 2.45) is 0 Å². The minimum absolute atomic E-state index is 0.0433. The van der Waals surface area contributed by atoms with Crippen LogP contribution in [0.5, 0.6) is 0 Å². The highest BCUT2D eigenvalue weighted by Crippen LogP contribution is 2.31. The summed E-state index contributed by atoms with van der Waals surface area (Å²) >= 11 is 1.53. The minimum Gasteiger partial charge on any atom is -0.378 e. The van der Waals surface area contributed by atoms with Crippen molar-refractivity contribution < 1.29 is 4.92 Å². The largest absolute Gasteiger partial charge is 0.378 e. The van der Waals surface area contributed by atoms with Gasteiger partial charge in [-0.2, -0.15) is 5.10 Å². The highest BCUT2D eigenvalue weighted by atomic mass is 32.1. The number of para-hydroxylation sites is 1. The molecule has 7 nitrogen and oxygen atoms in total. The number of rotatable bonds is 3. The fraction of sp³-hybridized carbons (Fsp3) is 0.167. The minimum atomic E-state index is -0.538. The van der Waals surface area contributed by atoms with Crippen molar-refractivity contribution in [2.45, 2.75) is 13.0 Å². The van der Waals surface area contributed by atoms with E-state index in [0.29, 0.717) is 0 Å². The number of aromatic nitrogens is 3. The SMILES string of the molecule is CC(c1nc2ccccc2s1)n1ncc([N+](=O)[O-])c1N. The van der Waals surface area contributed by atoms with Crippen LogP contribution in [0.4, 0.5) is 11.5 Å². The Morgan fingerprint density at radius 2 is 2.20 bits per heavy atom. The lowest BCUT2D eigenvalue weighted by Crippen LogP contribution is -2.11. The molecule has 1 atom stereocenters. The zero-order valence-electron chi connectivity index (χ0n) is 10.6. The topological polar surface area (TPSA) is 99.9 Å². The van der Waals surface area contributed by atoms with Gasteiger partial charge >= 0.3 is 5.69 Å². The first-order valence-corrected chi connectivity index (χ1v) is 6.72. The van der Waals surface area contributed by atoms with Crippen molar-refractivity contribution in [3.63, 3.8) is 0 Å². The molecule has 0 saturated heterocycles. The van der Waals surface area contributed by atoms with Crippen LogP contribution in [0.1, 0.15) is 18.0 Å². The van der Waals surface area contributed by atoms with E-state index >= 15 is 0 Å². The molecule has 0 aliphatic carbocycles. The quantitative estimate of drug-likeness (QED) is 0.590. The molecule has 0 aliphatic rings. The van der Waals surface area contributed by atoms with Crippen LogP contribution in [0.3, 0.4) is 0 Å². The van der Waals surface area contributed by atoms with Gasteiger partial charge in [0.25, 0.3) is 0 Å². The smallest absolute Gasteiger partial charge is 0.330 e. The highest BCUT2D eigenvalue weighted by Gasteiger charge is 2.23. The number of nitrogens with zero attached hydrogens (tertiary/aromatic N) is 4. The lowest BCUT2D eigenvalue weighted by molar-refractivity contribution is -0.384. The van der Waals surface area contributed by atoms with Crippen LogP contribution in [-0.4, -0.2) is 19.7 Å². The van der Waals surface area contributed by atoms with E-state index in [4.69, 9.17) is 5.73 Å². The molecule has 3 aromatic rings. The first-order valence-electron chi connectivity index (χ1n) is 5.90. The summed E-state index contributed by atoms with van der Waals surface area (Å²) in [6.45, 7) is 1.87. The van der Waals surface area contributed by atoms with Crippen LogP contribution in [0.2, 0.25) is 0 Å². The molecule has 1 aromatic carbocycles. The third-order valence-corrected chi connectivity index (χ3v) is 4.25. The Balaban J connectivity index is 2.03. The van der Waals surface area contributed by atoms with Crippen LogP contribution in [-0.2, 0) is 0 Å². The number of hydrogen-bond acceptors (Lipinski definition) is 6. The van der Waals surface area contributed by atoms with Gasteiger partial charge in [0.1, 0.15) is 17.2 Å². The molecular weight excluding hydrogens is 278 g/mol. The predicted octanol–water partition coefficient (Wildman–Crippen LogP) is 2.59. The summed E-state index contributed by atoms with van der Waals surface area (Å²) in [4.78, 5) is 14.8. The van der Waals surface area contributed by atoms with Crippen LogP contribution in [0.25, 0.3) is 10.2 Å². The molecule has 102 valence electrons. The molecule has 2 aromatic heterocycles. The molecule has 0 spiro atoms. The zero-order chi connectivity index (χ0) is 14.3. The first kappa shape index (κ1) is 12.5. The molecule has 0 aliphatic heterocycles. The standard InChI is InChI=1S/C12H11N5O2S/c1-7(16-11(13)9(6-14-16)17(18)19)12-15-8-4-2-3-5-10(8)20-12/h2-7H,13H2,1H3. The number of anilines is 1. The molecular formula is C12H11N5O2S. The summed E-state index contributed by atoms with van der Waals surface area (Å²) in [6, 6.07) is 7.53. The maximum absolute atomic E-state index is 10.8. The molecule has 2 heterocycles. The second-order valence-electron chi connectivity index (χ2n) is 4.31. The normalized spacial score (nSPS) is 12.7. The third-order valence-electron chi connectivity index (χ3n) is 3.05. The Morgan fingerprint density at radius 3 is 2.85 bits per heavy atom. The molecule has 1 unspecified atom stereocenters. The van der Waals surface area contributed by atoms with Crippen molar-refractivity contribution in [3.05, 3.63) is 45.6 Å². The maximum atomic E-state index is 10.8. The number of fused-ring (bicyclic) bond motifs is 1. The predicted molar refractivity (Wildman–Crippen MR) is 76.7 cm³/mol. The van der Waals surface area contributed by atoms with Gasteiger partial charge in [-0.3, -0.25) is 10.1 Å². The van der Waals surface area contributed by atoms with E-state index in [1.54, 1.807) is 0 Å². The Labute approximate surface area is 117 Å². The fourth-order valence-corrected chi connectivity index (χ4v) is 2.99. The summed E-state index contributed by atoms with van der Waals surface area (Å²) in [6.07, 6.45) is 1.17. The van der Waals surface area contributed by atoms with E-state index in [1.807, 2.05) is 31.2 Å². The molecule has 20 heavy (non-hydrogen) atoms. The van der Waals surface area contributed by atoms with E-state index in [1.165, 1.54) is 22.2 Å². The molecule has 8 heteroatoms.